The maximum atomic E-state index is 10.9. The molecule has 3 rings (SSSR count). The molecule has 2 aliphatic carbocycles. The van der Waals surface area contributed by atoms with Crippen LogP contribution in [0.25, 0.3) is 0 Å². The standard InChI is InChI=1S/C20H27NO/c1-14(2)15-6-8-17-16(12-15)7-9-18-19(17,3)10-5-11-20(18,4)21-13-22/h6,8,12,14,18H,5,7,9-11H2,1-4H3. The lowest BCUT2D eigenvalue weighted by Crippen LogP contribution is -2.51. The molecule has 2 aliphatic rings. The molecule has 0 saturated heterocycles. The van der Waals surface area contributed by atoms with Crippen LogP contribution in [-0.4, -0.2) is 11.6 Å². The van der Waals surface area contributed by atoms with Gasteiger partial charge in [-0.25, -0.2) is 4.79 Å². The maximum absolute atomic E-state index is 10.9. The molecule has 0 N–H and O–H groups in total. The van der Waals surface area contributed by atoms with Crippen LogP contribution >= 0.6 is 0 Å². The predicted molar refractivity (Wildman–Crippen MR) is 90.1 cm³/mol. The molecule has 0 radical (unpaired) electrons. The molecule has 3 unspecified atom stereocenters. The van der Waals surface area contributed by atoms with Crippen molar-refractivity contribution in [2.24, 2.45) is 10.9 Å². The van der Waals surface area contributed by atoms with Crippen LogP contribution in [0.15, 0.2) is 23.2 Å². The third-order valence-electron chi connectivity index (χ3n) is 6.31. The van der Waals surface area contributed by atoms with Crippen molar-refractivity contribution < 1.29 is 4.79 Å². The Morgan fingerprint density at radius 1 is 1.27 bits per heavy atom. The zero-order chi connectivity index (χ0) is 16.0. The van der Waals surface area contributed by atoms with Gasteiger partial charge in [-0.05, 0) is 66.5 Å². The third-order valence-corrected chi connectivity index (χ3v) is 6.31. The van der Waals surface area contributed by atoms with E-state index in [0.29, 0.717) is 11.8 Å². The third kappa shape index (κ3) is 2.25. The zero-order valence-electron chi connectivity index (χ0n) is 14.3. The summed E-state index contributed by atoms with van der Waals surface area (Å²) >= 11 is 0. The van der Waals surface area contributed by atoms with E-state index in [4.69, 9.17) is 0 Å². The van der Waals surface area contributed by atoms with Gasteiger partial charge in [-0.3, -0.25) is 0 Å². The number of isocyanates is 1. The van der Waals surface area contributed by atoms with Gasteiger partial charge in [-0.1, -0.05) is 45.4 Å². The van der Waals surface area contributed by atoms with E-state index in [2.05, 4.69) is 50.9 Å². The normalized spacial score (nSPS) is 33.8. The highest BCUT2D eigenvalue weighted by molar-refractivity contribution is 5.43. The van der Waals surface area contributed by atoms with Crippen LogP contribution in [-0.2, 0) is 16.6 Å². The number of aliphatic imine (C=N–C) groups is 1. The van der Waals surface area contributed by atoms with E-state index in [-0.39, 0.29) is 11.0 Å². The average Bonchev–Trinajstić information content (AvgIpc) is 2.46. The number of fused-ring (bicyclic) bond motifs is 3. The summed E-state index contributed by atoms with van der Waals surface area (Å²) in [7, 11) is 0. The van der Waals surface area contributed by atoms with Gasteiger partial charge in [0.15, 0.2) is 0 Å². The number of hydrogen-bond acceptors (Lipinski definition) is 2. The summed E-state index contributed by atoms with van der Waals surface area (Å²) in [6.45, 7) is 9.06. The van der Waals surface area contributed by atoms with E-state index >= 15 is 0 Å². The Hall–Kier alpha value is -1.40. The van der Waals surface area contributed by atoms with E-state index in [1.165, 1.54) is 23.1 Å². The molecule has 2 nitrogen and oxygen atoms in total. The van der Waals surface area contributed by atoms with Crippen LogP contribution in [0.1, 0.15) is 76.0 Å². The van der Waals surface area contributed by atoms with Crippen molar-refractivity contribution in [3.8, 4) is 0 Å². The minimum absolute atomic E-state index is 0.149. The molecular formula is C20H27NO. The first-order valence-electron chi connectivity index (χ1n) is 8.63. The maximum Gasteiger partial charge on any atom is 0.235 e. The lowest BCUT2D eigenvalue weighted by atomic mass is 9.52. The van der Waals surface area contributed by atoms with Crippen LogP contribution in [0.3, 0.4) is 0 Å². The lowest BCUT2D eigenvalue weighted by Gasteiger charge is -2.53. The van der Waals surface area contributed by atoms with E-state index in [1.54, 1.807) is 0 Å². The second-order valence-electron chi connectivity index (χ2n) is 7.99. The Morgan fingerprint density at radius 3 is 2.73 bits per heavy atom. The van der Waals surface area contributed by atoms with E-state index in [1.807, 2.05) is 6.08 Å². The highest BCUT2D eigenvalue weighted by atomic mass is 16.1. The van der Waals surface area contributed by atoms with Crippen molar-refractivity contribution in [2.75, 3.05) is 0 Å². The fraction of sp³-hybridized carbons (Fsp3) is 0.650. The summed E-state index contributed by atoms with van der Waals surface area (Å²) in [5.41, 5.74) is 4.37. The first kappa shape index (κ1) is 15.5. The molecule has 1 saturated carbocycles. The molecule has 2 heteroatoms. The molecule has 0 bridgehead atoms. The molecule has 22 heavy (non-hydrogen) atoms. The van der Waals surface area contributed by atoms with Crippen molar-refractivity contribution in [3.05, 3.63) is 34.9 Å². The van der Waals surface area contributed by atoms with Gasteiger partial charge in [-0.2, -0.15) is 4.99 Å². The topological polar surface area (TPSA) is 29.4 Å². The Labute approximate surface area is 134 Å². The van der Waals surface area contributed by atoms with E-state index in [9.17, 15) is 4.79 Å². The number of nitrogens with zero attached hydrogens (tertiary/aromatic N) is 1. The first-order valence-corrected chi connectivity index (χ1v) is 8.63. The van der Waals surface area contributed by atoms with E-state index < -0.39 is 0 Å². The van der Waals surface area contributed by atoms with Crippen LogP contribution in [0, 0.1) is 5.92 Å². The Morgan fingerprint density at radius 2 is 2.05 bits per heavy atom. The number of aryl methyl sites for hydroxylation is 1. The van der Waals surface area contributed by atoms with Crippen LogP contribution in [0.5, 0.6) is 0 Å². The zero-order valence-corrected chi connectivity index (χ0v) is 14.3. The van der Waals surface area contributed by atoms with Gasteiger partial charge in [0, 0.05) is 0 Å². The van der Waals surface area contributed by atoms with Crippen molar-refractivity contribution in [2.45, 2.75) is 76.7 Å². The fourth-order valence-corrected chi connectivity index (χ4v) is 5.07. The predicted octanol–water partition coefficient (Wildman–Crippen LogP) is 4.91. The van der Waals surface area contributed by atoms with Crippen molar-refractivity contribution in [3.63, 3.8) is 0 Å². The summed E-state index contributed by atoms with van der Waals surface area (Å²) in [5.74, 6) is 1.03. The second kappa shape index (κ2) is 5.35. The number of carbonyl (C=O) groups excluding carboxylic acids is 1. The summed E-state index contributed by atoms with van der Waals surface area (Å²) in [6.07, 6.45) is 7.45. The number of rotatable bonds is 2. The van der Waals surface area contributed by atoms with Crippen molar-refractivity contribution >= 4 is 6.08 Å². The first-order chi connectivity index (χ1) is 10.4. The van der Waals surface area contributed by atoms with Gasteiger partial charge < -0.3 is 0 Å². The SMILES string of the molecule is CC(C)c1ccc2c(c1)CCC1C(C)(N=C=O)CCCC21C. The molecule has 0 aliphatic heterocycles. The molecule has 0 amide bonds. The quantitative estimate of drug-likeness (QED) is 0.563. The highest BCUT2D eigenvalue weighted by Crippen LogP contribution is 2.55. The second-order valence-corrected chi connectivity index (χ2v) is 7.99. The van der Waals surface area contributed by atoms with Crippen LogP contribution < -0.4 is 0 Å². The van der Waals surface area contributed by atoms with Gasteiger partial charge in [-0.15, -0.1) is 0 Å². The molecule has 0 spiro atoms. The summed E-state index contributed by atoms with van der Waals surface area (Å²) in [5, 5.41) is 0. The molecule has 0 aromatic heterocycles. The van der Waals surface area contributed by atoms with Crippen molar-refractivity contribution in [1.82, 2.24) is 0 Å². The van der Waals surface area contributed by atoms with E-state index in [0.717, 1.165) is 25.7 Å². The largest absolute Gasteiger partial charge is 0.235 e. The van der Waals surface area contributed by atoms with Crippen molar-refractivity contribution in [1.29, 1.82) is 0 Å². The monoisotopic (exact) mass is 297 g/mol. The Bertz CT molecular complexity index is 629. The Kier molecular flexibility index (Phi) is 3.77. The van der Waals surface area contributed by atoms with Gasteiger partial charge in [0.05, 0.1) is 5.54 Å². The molecule has 118 valence electrons. The summed E-state index contributed by atoms with van der Waals surface area (Å²) < 4.78 is 0. The Balaban J connectivity index is 2.07. The minimum Gasteiger partial charge on any atom is -0.211 e. The number of benzene rings is 1. The van der Waals surface area contributed by atoms with Crippen LogP contribution in [0.4, 0.5) is 0 Å². The van der Waals surface area contributed by atoms with Gasteiger partial charge >= 0.3 is 0 Å². The van der Waals surface area contributed by atoms with Gasteiger partial charge in [0.25, 0.3) is 0 Å². The molecule has 1 aromatic carbocycles. The van der Waals surface area contributed by atoms with Crippen LogP contribution in [0.2, 0.25) is 0 Å². The smallest absolute Gasteiger partial charge is 0.211 e. The van der Waals surface area contributed by atoms with Gasteiger partial charge in [0.2, 0.25) is 6.08 Å². The van der Waals surface area contributed by atoms with Gasteiger partial charge in [0.1, 0.15) is 0 Å². The highest BCUT2D eigenvalue weighted by Gasteiger charge is 2.52. The molecular weight excluding hydrogens is 270 g/mol. The molecule has 1 fully saturated rings. The summed E-state index contributed by atoms with van der Waals surface area (Å²) in [6, 6.07) is 7.07. The number of hydrogen-bond donors (Lipinski definition) is 0. The molecule has 1 aromatic rings. The minimum atomic E-state index is -0.233. The molecule has 3 atom stereocenters. The fourth-order valence-electron chi connectivity index (χ4n) is 5.07. The average molecular weight is 297 g/mol. The summed E-state index contributed by atoms with van der Waals surface area (Å²) in [4.78, 5) is 15.2. The lowest BCUT2D eigenvalue weighted by molar-refractivity contribution is 0.0923. The molecule has 0 heterocycles.